The fourth-order valence-corrected chi connectivity index (χ4v) is 2.80. The van der Waals surface area contributed by atoms with Crippen molar-refractivity contribution in [3.8, 4) is 0 Å². The van der Waals surface area contributed by atoms with Crippen molar-refractivity contribution >= 4 is 5.69 Å². The number of aryl methyl sites for hydroxylation is 1. The molecule has 100 valence electrons. The second kappa shape index (κ2) is 6.21. The second-order valence-electron chi connectivity index (χ2n) is 5.25. The van der Waals surface area contributed by atoms with E-state index in [0.29, 0.717) is 12.5 Å². The minimum Gasteiger partial charge on any atom is -0.384 e. The van der Waals surface area contributed by atoms with Crippen LogP contribution in [0.15, 0.2) is 18.2 Å². The molecule has 1 aromatic carbocycles. The number of rotatable bonds is 4. The standard InChI is InChI=1S/C15H24N2O/c1-12-5-6-14(9-16)15(8-12)17-7-3-4-13(10-17)11-18-2/h5-6,8,13H,3-4,7,9-11,16H2,1-2H3. The summed E-state index contributed by atoms with van der Waals surface area (Å²) in [5.41, 5.74) is 9.72. The van der Waals surface area contributed by atoms with Gasteiger partial charge in [-0.25, -0.2) is 0 Å². The van der Waals surface area contributed by atoms with Crippen LogP contribution in [0.5, 0.6) is 0 Å². The highest BCUT2D eigenvalue weighted by Crippen LogP contribution is 2.27. The Labute approximate surface area is 110 Å². The van der Waals surface area contributed by atoms with Gasteiger partial charge in [0, 0.05) is 32.4 Å². The molecule has 3 heteroatoms. The highest BCUT2D eigenvalue weighted by atomic mass is 16.5. The van der Waals surface area contributed by atoms with Gasteiger partial charge in [0.05, 0.1) is 6.61 Å². The van der Waals surface area contributed by atoms with Gasteiger partial charge in [0.1, 0.15) is 0 Å². The van der Waals surface area contributed by atoms with E-state index >= 15 is 0 Å². The summed E-state index contributed by atoms with van der Waals surface area (Å²) in [5.74, 6) is 0.648. The number of piperidine rings is 1. The van der Waals surface area contributed by atoms with Crippen molar-refractivity contribution in [3.63, 3.8) is 0 Å². The van der Waals surface area contributed by atoms with Crippen LogP contribution < -0.4 is 10.6 Å². The van der Waals surface area contributed by atoms with Crippen LogP contribution in [0, 0.1) is 12.8 Å². The van der Waals surface area contributed by atoms with E-state index in [1.54, 1.807) is 7.11 Å². The lowest BCUT2D eigenvalue weighted by Crippen LogP contribution is -2.37. The van der Waals surface area contributed by atoms with Crippen LogP contribution in [0.25, 0.3) is 0 Å². The van der Waals surface area contributed by atoms with E-state index in [9.17, 15) is 0 Å². The molecule has 1 unspecified atom stereocenters. The lowest BCUT2D eigenvalue weighted by atomic mass is 9.97. The van der Waals surface area contributed by atoms with Gasteiger partial charge in [-0.3, -0.25) is 0 Å². The number of methoxy groups -OCH3 is 1. The first-order chi connectivity index (χ1) is 8.74. The average Bonchev–Trinajstić information content (AvgIpc) is 2.39. The molecule has 0 aromatic heterocycles. The predicted octanol–water partition coefficient (Wildman–Crippen LogP) is 2.32. The third kappa shape index (κ3) is 3.03. The normalized spacial score (nSPS) is 20.2. The van der Waals surface area contributed by atoms with Crippen LogP contribution in [0.1, 0.15) is 24.0 Å². The molecule has 1 heterocycles. The Morgan fingerprint density at radius 2 is 2.28 bits per heavy atom. The maximum absolute atomic E-state index is 5.85. The first-order valence-electron chi connectivity index (χ1n) is 6.78. The van der Waals surface area contributed by atoms with Gasteiger partial charge in [0.2, 0.25) is 0 Å². The Morgan fingerprint density at radius 1 is 1.44 bits per heavy atom. The Bertz CT molecular complexity index is 390. The van der Waals surface area contributed by atoms with Gasteiger partial charge >= 0.3 is 0 Å². The maximum atomic E-state index is 5.85. The third-order valence-electron chi connectivity index (χ3n) is 3.72. The summed E-state index contributed by atoms with van der Waals surface area (Å²) in [6, 6.07) is 6.56. The molecule has 1 aromatic rings. The molecular formula is C15H24N2O. The summed E-state index contributed by atoms with van der Waals surface area (Å²) in [7, 11) is 1.79. The molecule has 18 heavy (non-hydrogen) atoms. The highest BCUT2D eigenvalue weighted by molar-refractivity contribution is 5.55. The van der Waals surface area contributed by atoms with E-state index in [4.69, 9.17) is 10.5 Å². The van der Waals surface area contributed by atoms with Crippen LogP contribution >= 0.6 is 0 Å². The second-order valence-corrected chi connectivity index (χ2v) is 5.25. The minimum absolute atomic E-state index is 0.612. The van der Waals surface area contributed by atoms with E-state index in [1.807, 2.05) is 0 Å². The van der Waals surface area contributed by atoms with Gasteiger partial charge in [-0.1, -0.05) is 12.1 Å². The van der Waals surface area contributed by atoms with E-state index < -0.39 is 0 Å². The van der Waals surface area contributed by atoms with Gasteiger partial charge in [-0.2, -0.15) is 0 Å². The molecule has 1 atom stereocenters. The molecule has 0 amide bonds. The topological polar surface area (TPSA) is 38.5 Å². The molecule has 0 spiro atoms. The maximum Gasteiger partial charge on any atom is 0.0507 e. The summed E-state index contributed by atoms with van der Waals surface area (Å²) in [5, 5.41) is 0. The number of hydrogen-bond donors (Lipinski definition) is 1. The smallest absolute Gasteiger partial charge is 0.0507 e. The third-order valence-corrected chi connectivity index (χ3v) is 3.72. The first-order valence-corrected chi connectivity index (χ1v) is 6.78. The molecule has 0 radical (unpaired) electrons. The molecule has 0 saturated carbocycles. The van der Waals surface area contributed by atoms with Crippen molar-refractivity contribution in [2.45, 2.75) is 26.3 Å². The molecule has 2 N–H and O–H groups in total. The highest BCUT2D eigenvalue weighted by Gasteiger charge is 2.21. The Morgan fingerprint density at radius 3 is 3.00 bits per heavy atom. The number of nitrogens with two attached hydrogens (primary N) is 1. The SMILES string of the molecule is COCC1CCCN(c2cc(C)ccc2CN)C1. The molecule has 0 aliphatic carbocycles. The van der Waals surface area contributed by atoms with Crippen LogP contribution in [0.3, 0.4) is 0 Å². The van der Waals surface area contributed by atoms with Crippen LogP contribution in [0.2, 0.25) is 0 Å². The zero-order chi connectivity index (χ0) is 13.0. The van der Waals surface area contributed by atoms with Crippen molar-refractivity contribution in [1.29, 1.82) is 0 Å². The monoisotopic (exact) mass is 248 g/mol. The number of anilines is 1. The lowest BCUT2D eigenvalue weighted by molar-refractivity contribution is 0.143. The summed E-state index contributed by atoms with van der Waals surface area (Å²) < 4.78 is 5.29. The van der Waals surface area contributed by atoms with Crippen molar-refractivity contribution < 1.29 is 4.74 Å². The van der Waals surface area contributed by atoms with Crippen molar-refractivity contribution in [1.82, 2.24) is 0 Å². The number of nitrogens with zero attached hydrogens (tertiary/aromatic N) is 1. The zero-order valence-electron chi connectivity index (χ0n) is 11.5. The summed E-state index contributed by atoms with van der Waals surface area (Å²) in [6.45, 7) is 5.84. The van der Waals surface area contributed by atoms with E-state index in [2.05, 4.69) is 30.0 Å². The fourth-order valence-electron chi connectivity index (χ4n) is 2.80. The van der Waals surface area contributed by atoms with Crippen LogP contribution in [-0.2, 0) is 11.3 Å². The molecule has 0 bridgehead atoms. The van der Waals surface area contributed by atoms with E-state index in [-0.39, 0.29) is 0 Å². The van der Waals surface area contributed by atoms with Gasteiger partial charge in [0.15, 0.2) is 0 Å². The number of hydrogen-bond acceptors (Lipinski definition) is 3. The molecule has 1 aliphatic heterocycles. The zero-order valence-corrected chi connectivity index (χ0v) is 11.5. The van der Waals surface area contributed by atoms with E-state index in [0.717, 1.165) is 19.7 Å². The minimum atomic E-state index is 0.612. The van der Waals surface area contributed by atoms with Crippen LogP contribution in [0.4, 0.5) is 5.69 Å². The summed E-state index contributed by atoms with van der Waals surface area (Å²) >= 11 is 0. The Kier molecular flexibility index (Phi) is 4.61. The predicted molar refractivity (Wildman–Crippen MR) is 75.9 cm³/mol. The van der Waals surface area contributed by atoms with Crippen molar-refractivity contribution in [2.24, 2.45) is 11.7 Å². The molecule has 1 aliphatic rings. The fraction of sp³-hybridized carbons (Fsp3) is 0.600. The largest absolute Gasteiger partial charge is 0.384 e. The first kappa shape index (κ1) is 13.4. The molecule has 1 saturated heterocycles. The Hall–Kier alpha value is -1.06. The van der Waals surface area contributed by atoms with Gasteiger partial charge in [-0.05, 0) is 42.9 Å². The molecule has 2 rings (SSSR count). The number of ether oxygens (including phenoxy) is 1. The quantitative estimate of drug-likeness (QED) is 0.888. The van der Waals surface area contributed by atoms with Crippen molar-refractivity contribution in [2.75, 3.05) is 31.7 Å². The summed E-state index contributed by atoms with van der Waals surface area (Å²) in [4.78, 5) is 2.47. The summed E-state index contributed by atoms with van der Waals surface area (Å²) in [6.07, 6.45) is 2.51. The van der Waals surface area contributed by atoms with Gasteiger partial charge in [0.25, 0.3) is 0 Å². The molecular weight excluding hydrogens is 224 g/mol. The molecule has 1 fully saturated rings. The van der Waals surface area contributed by atoms with Gasteiger partial charge in [-0.15, -0.1) is 0 Å². The van der Waals surface area contributed by atoms with Gasteiger partial charge < -0.3 is 15.4 Å². The average molecular weight is 248 g/mol. The number of benzene rings is 1. The van der Waals surface area contributed by atoms with Crippen molar-refractivity contribution in [3.05, 3.63) is 29.3 Å². The lowest BCUT2D eigenvalue weighted by Gasteiger charge is -2.35. The molecule has 3 nitrogen and oxygen atoms in total. The van der Waals surface area contributed by atoms with E-state index in [1.165, 1.54) is 29.7 Å². The van der Waals surface area contributed by atoms with Crippen LogP contribution in [-0.4, -0.2) is 26.8 Å². The Balaban J connectivity index is 2.17.